The Bertz CT molecular complexity index is 880. The zero-order valence-corrected chi connectivity index (χ0v) is 17.0. The van der Waals surface area contributed by atoms with Gasteiger partial charge in [0.2, 0.25) is 5.91 Å². The Balaban J connectivity index is 1.18. The standard InChI is InChI=1S/C23H26F3NO3/c1-27(20(29)16-10-21(11-16)12-19(28)30-13-21)18-8-15(9-18)14-3-2-4-17(7-14)22(5-6-22)23(24,25)26/h2-4,7,15-16,18H,5-6,8-13H2,1H3. The topological polar surface area (TPSA) is 46.6 Å². The van der Waals surface area contributed by atoms with Crippen LogP contribution in [0.5, 0.6) is 0 Å². The van der Waals surface area contributed by atoms with Crippen molar-refractivity contribution in [1.29, 1.82) is 0 Å². The van der Waals surface area contributed by atoms with Crippen molar-refractivity contribution < 1.29 is 27.5 Å². The first-order chi connectivity index (χ1) is 14.1. The van der Waals surface area contributed by atoms with Gasteiger partial charge in [0.15, 0.2) is 0 Å². The van der Waals surface area contributed by atoms with Gasteiger partial charge in [-0.3, -0.25) is 9.59 Å². The van der Waals surface area contributed by atoms with E-state index in [1.165, 1.54) is 0 Å². The molecule has 0 N–H and O–H groups in total. The van der Waals surface area contributed by atoms with Crippen molar-refractivity contribution in [3.05, 3.63) is 35.4 Å². The molecule has 1 spiro atoms. The number of benzene rings is 1. The maximum atomic E-state index is 13.4. The number of amides is 1. The molecule has 162 valence electrons. The predicted octanol–water partition coefficient (Wildman–Crippen LogP) is 4.33. The molecular formula is C23H26F3NO3. The van der Waals surface area contributed by atoms with Crippen molar-refractivity contribution in [3.8, 4) is 0 Å². The van der Waals surface area contributed by atoms with Gasteiger partial charge in [0.05, 0.1) is 18.4 Å². The van der Waals surface area contributed by atoms with E-state index in [2.05, 4.69) is 0 Å². The molecular weight excluding hydrogens is 395 g/mol. The van der Waals surface area contributed by atoms with Gasteiger partial charge >= 0.3 is 12.1 Å². The second kappa shape index (κ2) is 6.47. The molecule has 1 aromatic rings. The van der Waals surface area contributed by atoms with E-state index >= 15 is 0 Å². The molecule has 30 heavy (non-hydrogen) atoms. The van der Waals surface area contributed by atoms with Crippen molar-refractivity contribution in [2.45, 2.75) is 68.5 Å². The van der Waals surface area contributed by atoms with Gasteiger partial charge in [0.25, 0.3) is 0 Å². The third-order valence-corrected chi connectivity index (χ3v) is 7.98. The molecule has 1 heterocycles. The van der Waals surface area contributed by atoms with Gasteiger partial charge in [0, 0.05) is 24.4 Å². The third-order valence-electron chi connectivity index (χ3n) is 7.98. The number of cyclic esters (lactones) is 1. The van der Waals surface area contributed by atoms with Gasteiger partial charge in [-0.2, -0.15) is 13.2 Å². The molecule has 0 atom stereocenters. The van der Waals surface area contributed by atoms with Crippen molar-refractivity contribution in [2.24, 2.45) is 11.3 Å². The molecule has 4 nitrogen and oxygen atoms in total. The van der Waals surface area contributed by atoms with Crippen LogP contribution in [-0.4, -0.2) is 42.6 Å². The van der Waals surface area contributed by atoms with Crippen LogP contribution in [0.2, 0.25) is 0 Å². The number of esters is 1. The number of halogens is 3. The van der Waals surface area contributed by atoms with Crippen LogP contribution in [0.3, 0.4) is 0 Å². The van der Waals surface area contributed by atoms with Gasteiger partial charge < -0.3 is 9.64 Å². The summed E-state index contributed by atoms with van der Waals surface area (Å²) in [4.78, 5) is 26.0. The van der Waals surface area contributed by atoms with Gasteiger partial charge in [0.1, 0.15) is 0 Å². The molecule has 4 fully saturated rings. The average molecular weight is 421 g/mol. The Morgan fingerprint density at radius 3 is 2.47 bits per heavy atom. The van der Waals surface area contributed by atoms with Crippen LogP contribution in [0.25, 0.3) is 0 Å². The first kappa shape index (κ1) is 19.9. The molecule has 1 aliphatic heterocycles. The molecule has 1 amide bonds. The van der Waals surface area contributed by atoms with Crippen LogP contribution in [-0.2, 0) is 19.7 Å². The highest BCUT2D eigenvalue weighted by atomic mass is 19.4. The van der Waals surface area contributed by atoms with Gasteiger partial charge in [-0.15, -0.1) is 0 Å². The summed E-state index contributed by atoms with van der Waals surface area (Å²) in [5.41, 5.74) is -0.444. The first-order valence-electron chi connectivity index (χ1n) is 10.7. The molecule has 0 unspecified atom stereocenters. The molecule has 5 rings (SSSR count). The Hall–Kier alpha value is -2.05. The van der Waals surface area contributed by atoms with Crippen molar-refractivity contribution in [1.82, 2.24) is 4.90 Å². The van der Waals surface area contributed by atoms with Gasteiger partial charge in [-0.05, 0) is 55.6 Å². The summed E-state index contributed by atoms with van der Waals surface area (Å²) in [6.07, 6.45) is -0.459. The summed E-state index contributed by atoms with van der Waals surface area (Å²) < 4.78 is 45.4. The summed E-state index contributed by atoms with van der Waals surface area (Å²) in [6.45, 7) is 0.431. The second-order valence-electron chi connectivity index (χ2n) is 9.92. The fourth-order valence-electron chi connectivity index (χ4n) is 5.66. The highest BCUT2D eigenvalue weighted by molar-refractivity contribution is 5.81. The maximum absolute atomic E-state index is 13.4. The number of nitrogens with zero attached hydrogens (tertiary/aromatic N) is 1. The van der Waals surface area contributed by atoms with E-state index in [9.17, 15) is 22.8 Å². The van der Waals surface area contributed by atoms with Crippen LogP contribution in [0, 0.1) is 11.3 Å². The molecule has 0 aromatic heterocycles. The van der Waals surface area contributed by atoms with E-state index in [0.29, 0.717) is 31.4 Å². The minimum absolute atomic E-state index is 0.0478. The van der Waals surface area contributed by atoms with Crippen LogP contribution in [0.15, 0.2) is 24.3 Å². The molecule has 7 heteroatoms. The highest BCUT2D eigenvalue weighted by Gasteiger charge is 2.64. The van der Waals surface area contributed by atoms with E-state index < -0.39 is 11.6 Å². The lowest BCUT2D eigenvalue weighted by Crippen LogP contribution is -2.51. The van der Waals surface area contributed by atoms with Crippen molar-refractivity contribution in [2.75, 3.05) is 13.7 Å². The maximum Gasteiger partial charge on any atom is 0.398 e. The Labute approximate surface area is 173 Å². The third kappa shape index (κ3) is 3.04. The summed E-state index contributed by atoms with van der Waals surface area (Å²) in [6, 6.07) is 7.10. The summed E-state index contributed by atoms with van der Waals surface area (Å²) in [5.74, 6) is 0.0965. The highest BCUT2D eigenvalue weighted by Crippen LogP contribution is 2.59. The molecule has 0 radical (unpaired) electrons. The molecule has 1 saturated heterocycles. The minimum Gasteiger partial charge on any atom is -0.465 e. The Kier molecular flexibility index (Phi) is 4.29. The molecule has 4 aliphatic rings. The Morgan fingerprint density at radius 2 is 1.90 bits per heavy atom. The van der Waals surface area contributed by atoms with E-state index in [-0.39, 0.29) is 48.0 Å². The number of rotatable bonds is 4. The molecule has 1 aromatic carbocycles. The number of hydrogen-bond acceptors (Lipinski definition) is 3. The first-order valence-corrected chi connectivity index (χ1v) is 10.7. The molecule has 3 aliphatic carbocycles. The number of carbonyl (C=O) groups excluding carboxylic acids is 2. The normalized spacial score (nSPS) is 34.1. The quantitative estimate of drug-likeness (QED) is 0.680. The SMILES string of the molecule is CN(C(=O)C1CC2(COC(=O)C2)C1)C1CC(c2cccc(C3(C(F)(F)F)CC3)c2)C1. The monoisotopic (exact) mass is 421 g/mol. The van der Waals surface area contributed by atoms with Gasteiger partial charge in [-0.1, -0.05) is 24.3 Å². The van der Waals surface area contributed by atoms with E-state index in [1.807, 2.05) is 18.0 Å². The van der Waals surface area contributed by atoms with Crippen LogP contribution < -0.4 is 0 Å². The Morgan fingerprint density at radius 1 is 1.20 bits per heavy atom. The fourth-order valence-corrected chi connectivity index (χ4v) is 5.66. The van der Waals surface area contributed by atoms with E-state index in [1.54, 1.807) is 18.2 Å². The average Bonchev–Trinajstić information content (AvgIpc) is 3.36. The largest absolute Gasteiger partial charge is 0.465 e. The van der Waals surface area contributed by atoms with Crippen LogP contribution in [0.1, 0.15) is 62.0 Å². The lowest BCUT2D eigenvalue weighted by Gasteiger charge is -2.47. The number of ether oxygens (including phenoxy) is 1. The summed E-state index contributed by atoms with van der Waals surface area (Å²) in [7, 11) is 1.82. The van der Waals surface area contributed by atoms with Gasteiger partial charge in [-0.25, -0.2) is 0 Å². The van der Waals surface area contributed by atoms with Crippen LogP contribution >= 0.6 is 0 Å². The number of carbonyl (C=O) groups is 2. The fraction of sp³-hybridized carbons (Fsp3) is 0.652. The lowest BCUT2D eigenvalue weighted by molar-refractivity contribution is -0.160. The lowest BCUT2D eigenvalue weighted by atomic mass is 9.61. The molecule has 0 bridgehead atoms. The summed E-state index contributed by atoms with van der Waals surface area (Å²) in [5, 5.41) is 0. The zero-order valence-electron chi connectivity index (χ0n) is 17.0. The molecule has 3 saturated carbocycles. The second-order valence-corrected chi connectivity index (χ2v) is 9.92. The van der Waals surface area contributed by atoms with Crippen molar-refractivity contribution >= 4 is 11.9 Å². The predicted molar refractivity (Wildman–Crippen MR) is 103 cm³/mol. The number of alkyl halides is 3. The zero-order chi connectivity index (χ0) is 21.3. The summed E-state index contributed by atoms with van der Waals surface area (Å²) >= 11 is 0. The van der Waals surface area contributed by atoms with E-state index in [4.69, 9.17) is 4.74 Å². The van der Waals surface area contributed by atoms with Crippen LogP contribution in [0.4, 0.5) is 13.2 Å². The van der Waals surface area contributed by atoms with Crippen molar-refractivity contribution in [3.63, 3.8) is 0 Å². The number of hydrogen-bond donors (Lipinski definition) is 0. The minimum atomic E-state index is -4.20. The van der Waals surface area contributed by atoms with E-state index in [0.717, 1.165) is 18.4 Å². The smallest absolute Gasteiger partial charge is 0.398 e.